The molecule has 2 fully saturated rings. The molecule has 24 nitrogen and oxygen atoms in total. The summed E-state index contributed by atoms with van der Waals surface area (Å²) in [4.78, 5) is 127. The monoisotopic (exact) mass is 1300 g/mol. The first-order valence-electron chi connectivity index (χ1n) is 31.5. The summed E-state index contributed by atoms with van der Waals surface area (Å²) in [6.45, 7) is 2.51. The average Bonchev–Trinajstić information content (AvgIpc) is 1.60. The van der Waals surface area contributed by atoms with Crippen LogP contribution in [0, 0.1) is 5.92 Å². The minimum absolute atomic E-state index is 0.0188. The number of anilines is 1. The van der Waals surface area contributed by atoms with Crippen molar-refractivity contribution >= 4 is 85.6 Å². The smallest absolute Gasteiger partial charge is 0.326 e. The normalized spacial score (nSPS) is 15.3. The fourth-order valence-corrected chi connectivity index (χ4v) is 11.1. The number of aliphatic carboxylic acids is 2. The maximum atomic E-state index is 13.9. The Labute approximate surface area is 528 Å². The van der Waals surface area contributed by atoms with Gasteiger partial charge in [0.2, 0.25) is 23.6 Å². The maximum absolute atomic E-state index is 13.9. The van der Waals surface area contributed by atoms with Crippen LogP contribution in [0.5, 0.6) is 0 Å². The highest BCUT2D eigenvalue weighted by Gasteiger charge is 2.56. The number of amides is 4. The summed E-state index contributed by atoms with van der Waals surface area (Å²) in [5.74, 6) is -2.51. The highest BCUT2D eigenvalue weighted by atomic mass is 79.9. The van der Waals surface area contributed by atoms with Crippen LogP contribution in [0.25, 0.3) is 22.0 Å². The van der Waals surface area contributed by atoms with Gasteiger partial charge in [-0.25, -0.2) is 19.7 Å². The zero-order valence-electron chi connectivity index (χ0n) is 51.2. The second kappa shape index (κ2) is 39.3. The van der Waals surface area contributed by atoms with Crippen molar-refractivity contribution in [3.63, 3.8) is 0 Å². The Morgan fingerprint density at radius 1 is 0.663 bits per heavy atom. The van der Waals surface area contributed by atoms with E-state index in [9.17, 15) is 48.3 Å². The van der Waals surface area contributed by atoms with Crippen molar-refractivity contribution in [1.82, 2.24) is 40.3 Å². The Hall–Kier alpha value is -6.93. The number of aromatic nitrogens is 5. The third kappa shape index (κ3) is 26.2. The number of carbonyl (C=O) groups excluding carboxylic acids is 7. The van der Waals surface area contributed by atoms with Gasteiger partial charge in [-0.1, -0.05) is 89.2 Å². The Bertz CT molecular complexity index is 2960. The number of rotatable bonds is 48. The van der Waals surface area contributed by atoms with Gasteiger partial charge in [-0.05, 0) is 90.2 Å². The van der Waals surface area contributed by atoms with Gasteiger partial charge in [-0.2, -0.15) is 5.10 Å². The van der Waals surface area contributed by atoms with Crippen molar-refractivity contribution in [3.8, 4) is 11.1 Å². The van der Waals surface area contributed by atoms with E-state index in [2.05, 4.69) is 51.9 Å². The van der Waals surface area contributed by atoms with Crippen LogP contribution in [0.15, 0.2) is 53.4 Å². The summed E-state index contributed by atoms with van der Waals surface area (Å²) >= 11 is 3.32. The lowest BCUT2D eigenvalue weighted by atomic mass is 10.0. The van der Waals surface area contributed by atoms with E-state index >= 15 is 0 Å². The topological polar surface area (TPSA) is 327 Å². The Balaban J connectivity index is 0.724. The van der Waals surface area contributed by atoms with Crippen LogP contribution >= 0.6 is 15.9 Å². The van der Waals surface area contributed by atoms with Crippen LogP contribution in [0.1, 0.15) is 171 Å². The number of hydrogen-bond donors (Lipinski definition) is 5. The van der Waals surface area contributed by atoms with Crippen molar-refractivity contribution < 1.29 is 72.3 Å². The van der Waals surface area contributed by atoms with Crippen molar-refractivity contribution in [2.45, 2.75) is 186 Å². The van der Waals surface area contributed by atoms with E-state index in [-0.39, 0.29) is 163 Å². The minimum Gasteiger partial charge on any atom is -0.481 e. The van der Waals surface area contributed by atoms with Gasteiger partial charge in [0.15, 0.2) is 11.6 Å². The van der Waals surface area contributed by atoms with Crippen molar-refractivity contribution in [1.29, 1.82) is 0 Å². The minimum atomic E-state index is -1.17. The fourth-order valence-electron chi connectivity index (χ4n) is 10.8. The summed E-state index contributed by atoms with van der Waals surface area (Å²) in [7, 11) is 0. The number of piperidine rings is 1. The molecule has 6 rings (SSSR count). The number of benzene rings is 1. The van der Waals surface area contributed by atoms with Crippen LogP contribution in [-0.2, 0) is 70.3 Å². The summed E-state index contributed by atoms with van der Waals surface area (Å²) < 4.78 is 23.9. The first kappa shape index (κ1) is 71.1. The van der Waals surface area contributed by atoms with Gasteiger partial charge in [-0.15, -0.1) is 0 Å². The van der Waals surface area contributed by atoms with E-state index in [1.165, 1.54) is 50.1 Å². The molecule has 3 aromatic heterocycles. The Morgan fingerprint density at radius 3 is 1.96 bits per heavy atom. The lowest BCUT2D eigenvalue weighted by Crippen LogP contribution is -2.46. The Kier molecular flexibility index (Phi) is 31.4. The van der Waals surface area contributed by atoms with Crippen molar-refractivity contribution in [2.24, 2.45) is 5.92 Å². The summed E-state index contributed by atoms with van der Waals surface area (Å²) in [6.07, 6.45) is 21.3. The van der Waals surface area contributed by atoms with Gasteiger partial charge in [0, 0.05) is 88.0 Å². The zero-order valence-corrected chi connectivity index (χ0v) is 52.8. The van der Waals surface area contributed by atoms with Crippen LogP contribution < -0.4 is 16.0 Å². The summed E-state index contributed by atoms with van der Waals surface area (Å²) in [5, 5.41) is 31.5. The third-order valence-electron chi connectivity index (χ3n) is 15.6. The number of aryl methyl sites for hydroxylation is 1. The van der Waals surface area contributed by atoms with E-state index in [1.807, 2.05) is 12.1 Å². The van der Waals surface area contributed by atoms with E-state index in [4.69, 9.17) is 24.1 Å². The Morgan fingerprint density at radius 2 is 1.30 bits per heavy atom. The number of Topliss-reactive ketones (excluding diaryl/α,β-unsaturated/α-hetero) is 3. The fraction of sp³-hybridized carbons (Fsp3) is 0.609. The van der Waals surface area contributed by atoms with Gasteiger partial charge < -0.3 is 50.0 Å². The number of hydrogen-bond acceptors (Lipinski definition) is 17. The van der Waals surface area contributed by atoms with Crippen LogP contribution in [0.4, 0.5) is 5.82 Å². The van der Waals surface area contributed by atoms with E-state index in [0.717, 1.165) is 56.9 Å². The van der Waals surface area contributed by atoms with Gasteiger partial charge in [0.1, 0.15) is 59.6 Å². The molecule has 89 heavy (non-hydrogen) atoms. The van der Waals surface area contributed by atoms with Gasteiger partial charge in [0.25, 0.3) is 0 Å². The number of ketones is 3. The molecule has 1 saturated carbocycles. The first-order chi connectivity index (χ1) is 43.1. The number of carbonyl (C=O) groups is 9. The number of ether oxygens (including phenoxy) is 4. The number of nitrogens with zero attached hydrogens (tertiary/aromatic N) is 6. The number of carboxylic acids is 2. The molecule has 1 aliphatic carbocycles. The molecule has 5 N–H and O–H groups in total. The SMILES string of the molecule is CC(=O)c1nn(CC(=O)N2[C@@H]3C[C@@H]3C[C@H]2C(=O)Nc2cccc(Br)n2)c2ccc(-c3cnc(CCC(=O)COCCOCCNC(=O)COCCOCCCC(=O)CC[C@H](NC(=O)CCCCCCCCCCCCCCCCC(=O)O)C(=O)O)nc3)cc12. The molecule has 0 radical (unpaired) electrons. The number of carboxylic acid groups (broad SMARTS) is 2. The highest BCUT2D eigenvalue weighted by Crippen LogP contribution is 2.48. The molecule has 1 saturated heterocycles. The second-order valence-corrected chi connectivity index (χ2v) is 23.6. The first-order valence-corrected chi connectivity index (χ1v) is 32.3. The third-order valence-corrected chi connectivity index (χ3v) is 16.1. The summed E-state index contributed by atoms with van der Waals surface area (Å²) in [5.41, 5.74) is 2.21. The van der Waals surface area contributed by atoms with Gasteiger partial charge >= 0.3 is 11.9 Å². The molecule has 4 aromatic rings. The molecule has 4 atom stereocenters. The van der Waals surface area contributed by atoms with Gasteiger partial charge in [0.05, 0.1) is 38.6 Å². The van der Waals surface area contributed by atoms with Crippen molar-refractivity contribution in [3.05, 3.63) is 64.9 Å². The molecule has 1 aliphatic heterocycles. The standard InChI is InChI=1S/C64H88BrN9O15/c1-44(75)62-50-36-45(23-27-52(50)73(72-62)41-60(80)74-53-37-46(53)38-54(74)63(83)71-57-20-16-19-55(65)70-57)47-39-67-56(68-40-47)28-25-49(77)42-88-34-33-87-31-29-66-59(79)43-89-35-32-86-30-17-18-48(76)24-26-51(64(84)85)69-58(78)21-14-12-10-8-6-4-2-3-5-7-9-11-13-15-22-61(81)82/h16,19-20,23,27,36,39-40,46,51,53-54H,2-15,17-18,21-22,24-26,28-35,37-38,41-43H2,1H3,(H,66,79)(H,69,78)(H,81,82)(H,84,85)(H,70,71,83)/t46-,51+,53-,54+/m1/s1. The molecule has 25 heteroatoms. The van der Waals surface area contributed by atoms with E-state index in [1.54, 1.807) is 41.6 Å². The lowest BCUT2D eigenvalue weighted by Gasteiger charge is -2.26. The van der Waals surface area contributed by atoms with Gasteiger partial charge in [-0.3, -0.25) is 43.0 Å². The van der Waals surface area contributed by atoms with Crippen molar-refractivity contribution in [2.75, 3.05) is 64.7 Å². The molecule has 486 valence electrons. The molecular weight excluding hydrogens is 1210 g/mol. The molecule has 0 spiro atoms. The number of pyridine rings is 1. The summed E-state index contributed by atoms with van der Waals surface area (Å²) in [6, 6.07) is 8.86. The van der Waals surface area contributed by atoms with E-state index in [0.29, 0.717) is 58.4 Å². The number of fused-ring (bicyclic) bond motifs is 2. The molecular formula is C64H88BrN9O15. The zero-order chi connectivity index (χ0) is 63.8. The van der Waals surface area contributed by atoms with E-state index < -0.39 is 24.0 Å². The molecule has 4 amide bonds. The molecule has 0 unspecified atom stereocenters. The number of nitrogens with one attached hydrogen (secondary N) is 3. The lowest BCUT2D eigenvalue weighted by molar-refractivity contribution is -0.142. The maximum Gasteiger partial charge on any atom is 0.326 e. The largest absolute Gasteiger partial charge is 0.481 e. The second-order valence-electron chi connectivity index (χ2n) is 22.8. The predicted octanol–water partition coefficient (Wildman–Crippen LogP) is 8.19. The van der Waals surface area contributed by atoms with Crippen LogP contribution in [0.2, 0.25) is 0 Å². The number of halogens is 1. The molecule has 4 heterocycles. The average molecular weight is 1300 g/mol. The number of likely N-dealkylation sites (tertiary alicyclic amines) is 1. The molecule has 0 bridgehead atoms. The van der Waals surface area contributed by atoms with Crippen LogP contribution in [0.3, 0.4) is 0 Å². The predicted molar refractivity (Wildman–Crippen MR) is 333 cm³/mol. The molecule has 2 aliphatic rings. The highest BCUT2D eigenvalue weighted by molar-refractivity contribution is 9.10. The number of unbranched alkanes of at least 4 members (excludes halogenated alkanes) is 13. The quantitative estimate of drug-likeness (QED) is 0.0158. The van der Waals surface area contributed by atoms with Crippen LogP contribution in [-0.4, -0.2) is 170 Å². The molecule has 1 aromatic carbocycles.